The number of hydrogen-bond donors (Lipinski definition) is 3. The molecule has 0 fully saturated rings. The number of pyridine rings is 1. The number of methoxy groups -OCH3 is 1. The zero-order valence-corrected chi connectivity index (χ0v) is 18.1. The predicted octanol–water partition coefficient (Wildman–Crippen LogP) is 3.38. The number of fused-ring (bicyclic) bond motifs is 1. The van der Waals surface area contributed by atoms with E-state index in [-0.39, 0.29) is 11.0 Å². The number of nitrogens with one attached hydrogen (secondary N) is 3. The molecule has 3 rings (SSSR count). The lowest BCUT2D eigenvalue weighted by atomic mass is 10.2. The second kappa shape index (κ2) is 9.90. The molecule has 0 aliphatic rings. The smallest absolute Gasteiger partial charge is 0.323 e. The summed E-state index contributed by atoms with van der Waals surface area (Å²) in [7, 11) is 3.36. The molecule has 0 unspecified atom stereocenters. The molecule has 0 spiro atoms. The van der Waals surface area contributed by atoms with Crippen LogP contribution in [0.15, 0.2) is 24.5 Å². The Morgan fingerprint density at radius 1 is 1.20 bits per heavy atom. The van der Waals surface area contributed by atoms with E-state index in [0.717, 1.165) is 0 Å². The molecule has 3 aromatic heterocycles. The first-order valence-electron chi connectivity index (χ1n) is 9.00. The number of rotatable bonds is 8. The van der Waals surface area contributed by atoms with Gasteiger partial charge in [0.15, 0.2) is 10.8 Å². The van der Waals surface area contributed by atoms with E-state index in [1.807, 2.05) is 14.0 Å². The zero-order valence-electron chi connectivity index (χ0n) is 16.6. The van der Waals surface area contributed by atoms with E-state index in [4.69, 9.17) is 32.7 Å². The van der Waals surface area contributed by atoms with E-state index >= 15 is 0 Å². The van der Waals surface area contributed by atoms with E-state index in [9.17, 15) is 4.79 Å². The Labute approximate surface area is 182 Å². The Morgan fingerprint density at radius 2 is 1.97 bits per heavy atom. The van der Waals surface area contributed by atoms with Gasteiger partial charge in [0, 0.05) is 25.9 Å². The van der Waals surface area contributed by atoms with Crippen molar-refractivity contribution in [1.29, 1.82) is 0 Å². The summed E-state index contributed by atoms with van der Waals surface area (Å²) in [6, 6.07) is 2.63. The second-order valence-corrected chi connectivity index (χ2v) is 7.03. The molecule has 0 radical (unpaired) electrons. The third-order valence-corrected chi connectivity index (χ3v) is 4.53. The molecular weight excluding hydrogens is 433 g/mol. The quantitative estimate of drug-likeness (QED) is 0.447. The number of ether oxygens (including phenoxy) is 2. The van der Waals surface area contributed by atoms with E-state index in [0.29, 0.717) is 40.9 Å². The van der Waals surface area contributed by atoms with Crippen LogP contribution >= 0.6 is 23.2 Å². The molecule has 1 atom stereocenters. The number of carbonyl (C=O) groups is 1. The minimum absolute atomic E-state index is 0.253. The highest BCUT2D eigenvalue weighted by atomic mass is 35.5. The van der Waals surface area contributed by atoms with Crippen LogP contribution in [0.25, 0.3) is 5.65 Å². The number of hydrogen-bond acceptors (Lipinski definition) is 7. The van der Waals surface area contributed by atoms with Gasteiger partial charge in [-0.2, -0.15) is 5.10 Å². The first-order valence-corrected chi connectivity index (χ1v) is 9.76. The van der Waals surface area contributed by atoms with Crippen LogP contribution in [0.5, 0.6) is 5.88 Å². The van der Waals surface area contributed by atoms with Gasteiger partial charge in [-0.25, -0.2) is 19.3 Å². The van der Waals surface area contributed by atoms with Crippen LogP contribution in [0.1, 0.15) is 18.7 Å². The molecule has 160 valence electrons. The summed E-state index contributed by atoms with van der Waals surface area (Å²) in [4.78, 5) is 21.1. The number of likely N-dealkylation sites (N-methyl/N-ethyl adjacent to an activating group) is 1. The number of halogens is 2. The van der Waals surface area contributed by atoms with Crippen molar-refractivity contribution >= 4 is 46.3 Å². The van der Waals surface area contributed by atoms with Crippen LogP contribution in [-0.2, 0) is 4.74 Å². The van der Waals surface area contributed by atoms with Crippen LogP contribution in [0.2, 0.25) is 10.2 Å². The molecule has 10 nitrogen and oxygen atoms in total. The maximum atomic E-state index is 12.7. The van der Waals surface area contributed by atoms with Crippen molar-refractivity contribution in [3.05, 3.63) is 40.4 Å². The van der Waals surface area contributed by atoms with Gasteiger partial charge in [0.1, 0.15) is 12.3 Å². The summed E-state index contributed by atoms with van der Waals surface area (Å²) in [6.07, 6.45) is 2.56. The average molecular weight is 454 g/mol. The molecule has 12 heteroatoms. The molecule has 0 aliphatic heterocycles. The summed E-state index contributed by atoms with van der Waals surface area (Å²) in [5, 5.41) is 13.3. The third kappa shape index (κ3) is 5.08. The molecule has 0 aliphatic carbocycles. The van der Waals surface area contributed by atoms with Crippen LogP contribution < -0.4 is 20.7 Å². The highest BCUT2D eigenvalue weighted by molar-refractivity contribution is 6.31. The lowest BCUT2D eigenvalue weighted by Crippen LogP contribution is -2.23. The summed E-state index contributed by atoms with van der Waals surface area (Å²) in [5.74, 6) is 0.253. The fourth-order valence-corrected chi connectivity index (χ4v) is 3.01. The standard InChI is InChI=1S/C18H21Cl2N7O3/c1-10(29-3)16-13(9-22-15-7-14(20)26-27(15)16)25-18(28)24-12-6-11(19)8-23-17(12)30-5-4-21-2/h6-10,21H,4-5H2,1-3H3,(H2,24,25,28)/t10-/m0/s1. The molecule has 2 amide bonds. The van der Waals surface area contributed by atoms with E-state index < -0.39 is 12.1 Å². The van der Waals surface area contributed by atoms with Gasteiger partial charge in [0.2, 0.25) is 5.88 Å². The monoisotopic (exact) mass is 453 g/mol. The highest BCUT2D eigenvalue weighted by Gasteiger charge is 2.19. The van der Waals surface area contributed by atoms with Crippen molar-refractivity contribution in [1.82, 2.24) is 24.9 Å². The van der Waals surface area contributed by atoms with Gasteiger partial charge >= 0.3 is 6.03 Å². The fraction of sp³-hybridized carbons (Fsp3) is 0.333. The lowest BCUT2D eigenvalue weighted by molar-refractivity contribution is 0.114. The summed E-state index contributed by atoms with van der Waals surface area (Å²) >= 11 is 12.0. The SMILES string of the molecule is CNCCOc1ncc(Cl)cc1NC(=O)Nc1cnc2cc(Cl)nn2c1[C@H](C)OC. The van der Waals surface area contributed by atoms with Crippen LogP contribution in [0.3, 0.4) is 0 Å². The van der Waals surface area contributed by atoms with Crippen molar-refractivity contribution in [2.75, 3.05) is 37.9 Å². The van der Waals surface area contributed by atoms with Crippen LogP contribution in [0.4, 0.5) is 16.2 Å². The Balaban J connectivity index is 1.85. The maximum Gasteiger partial charge on any atom is 0.323 e. The van der Waals surface area contributed by atoms with Crippen molar-refractivity contribution in [3.8, 4) is 5.88 Å². The van der Waals surface area contributed by atoms with Crippen molar-refractivity contribution in [2.45, 2.75) is 13.0 Å². The number of urea groups is 1. The Kier molecular flexibility index (Phi) is 7.27. The van der Waals surface area contributed by atoms with Crippen molar-refractivity contribution in [2.24, 2.45) is 0 Å². The van der Waals surface area contributed by atoms with Gasteiger partial charge in [-0.05, 0) is 20.0 Å². The topological polar surface area (TPSA) is 115 Å². The van der Waals surface area contributed by atoms with Crippen molar-refractivity contribution < 1.29 is 14.3 Å². The predicted molar refractivity (Wildman–Crippen MR) is 115 cm³/mol. The maximum absolute atomic E-state index is 12.7. The Hall–Kier alpha value is -2.66. The molecule has 0 aromatic carbocycles. The molecule has 0 saturated heterocycles. The normalized spacial score (nSPS) is 12.0. The van der Waals surface area contributed by atoms with E-state index in [1.165, 1.54) is 16.9 Å². The van der Waals surface area contributed by atoms with Crippen molar-refractivity contribution in [3.63, 3.8) is 0 Å². The van der Waals surface area contributed by atoms with E-state index in [1.54, 1.807) is 19.2 Å². The molecule has 0 saturated carbocycles. The largest absolute Gasteiger partial charge is 0.475 e. The van der Waals surface area contributed by atoms with Crippen LogP contribution in [-0.4, -0.2) is 52.9 Å². The van der Waals surface area contributed by atoms with Crippen LogP contribution in [0, 0.1) is 0 Å². The minimum atomic E-state index is -0.540. The first-order chi connectivity index (χ1) is 14.4. The number of anilines is 2. The molecular formula is C18H21Cl2N7O3. The number of aromatic nitrogens is 4. The zero-order chi connectivity index (χ0) is 21.7. The Morgan fingerprint density at radius 3 is 2.70 bits per heavy atom. The molecule has 3 aromatic rings. The molecule has 30 heavy (non-hydrogen) atoms. The summed E-state index contributed by atoms with van der Waals surface area (Å²) in [5.41, 5.74) is 1.85. The molecule has 3 N–H and O–H groups in total. The Bertz CT molecular complexity index is 1040. The highest BCUT2D eigenvalue weighted by Crippen LogP contribution is 2.28. The second-order valence-electron chi connectivity index (χ2n) is 6.21. The fourth-order valence-electron chi connectivity index (χ4n) is 2.68. The number of nitrogens with zero attached hydrogens (tertiary/aromatic N) is 4. The van der Waals surface area contributed by atoms with Gasteiger partial charge in [0.25, 0.3) is 0 Å². The molecule has 0 bridgehead atoms. The average Bonchev–Trinajstić information content (AvgIpc) is 3.09. The molecule has 3 heterocycles. The first kappa shape index (κ1) is 22.0. The van der Waals surface area contributed by atoms with Gasteiger partial charge in [0.05, 0.1) is 28.7 Å². The lowest BCUT2D eigenvalue weighted by Gasteiger charge is -2.17. The summed E-state index contributed by atoms with van der Waals surface area (Å²) < 4.78 is 12.5. The van der Waals surface area contributed by atoms with Gasteiger partial charge < -0.3 is 25.4 Å². The van der Waals surface area contributed by atoms with Gasteiger partial charge in [-0.1, -0.05) is 23.2 Å². The third-order valence-electron chi connectivity index (χ3n) is 4.13. The minimum Gasteiger partial charge on any atom is -0.475 e. The van der Waals surface area contributed by atoms with E-state index in [2.05, 4.69) is 31.0 Å². The number of carbonyl (C=O) groups excluding carboxylic acids is 1. The summed E-state index contributed by atoms with van der Waals surface area (Å²) in [6.45, 7) is 2.81. The van der Waals surface area contributed by atoms with Gasteiger partial charge in [-0.3, -0.25) is 0 Å². The number of amides is 2. The van der Waals surface area contributed by atoms with Gasteiger partial charge in [-0.15, -0.1) is 0 Å².